The average Bonchev–Trinajstić information content (AvgIpc) is 2.85. The Morgan fingerprint density at radius 3 is 2.71 bits per heavy atom. The molecule has 0 unspecified atom stereocenters. The molecule has 0 radical (unpaired) electrons. The fourth-order valence-electron chi connectivity index (χ4n) is 1.67. The normalized spacial score (nSPS) is 11.2. The molecule has 2 aromatic rings. The van der Waals surface area contributed by atoms with Gasteiger partial charge in [-0.3, -0.25) is 4.72 Å². The maximum absolute atomic E-state index is 11.8. The topological polar surface area (TPSA) is 74.5 Å². The van der Waals surface area contributed by atoms with Crippen molar-refractivity contribution in [3.63, 3.8) is 0 Å². The summed E-state index contributed by atoms with van der Waals surface area (Å²) < 4.78 is 7.89. The van der Waals surface area contributed by atoms with Gasteiger partial charge in [0.2, 0.25) is 0 Å². The maximum Gasteiger partial charge on any atom is 0.329 e. The van der Waals surface area contributed by atoms with Gasteiger partial charge >= 0.3 is 6.03 Å². The molecule has 112 valence electrons. The van der Waals surface area contributed by atoms with Crippen LogP contribution in [0.4, 0.5) is 10.5 Å². The lowest BCUT2D eigenvalue weighted by Gasteiger charge is -2.13. The minimum absolute atomic E-state index is 0.341. The first-order valence-electron chi connectivity index (χ1n) is 6.46. The lowest BCUT2D eigenvalue weighted by atomic mass is 10.0. The third kappa shape index (κ3) is 4.54. The van der Waals surface area contributed by atoms with Crippen molar-refractivity contribution in [1.82, 2.24) is 4.72 Å². The first-order valence-corrected chi connectivity index (χ1v) is 7.28. The first-order chi connectivity index (χ1) is 9.84. The number of hydrogen-bond acceptors (Lipinski definition) is 4. The highest BCUT2D eigenvalue weighted by atomic mass is 32.2. The van der Waals surface area contributed by atoms with Gasteiger partial charge in [0.1, 0.15) is 0 Å². The molecule has 5 nitrogen and oxygen atoms in total. The number of nitrogens with one attached hydrogen (secondary N) is 2. The number of anilines is 1. The summed E-state index contributed by atoms with van der Waals surface area (Å²) in [6.07, 6.45) is 1.47. The number of aliphatic hydroxyl groups is 1. The number of carbonyl (C=O) groups is 1. The van der Waals surface area contributed by atoms with E-state index >= 15 is 0 Å². The molecule has 0 saturated carbocycles. The molecule has 0 saturated heterocycles. The van der Waals surface area contributed by atoms with Crippen LogP contribution in [-0.2, 0) is 5.60 Å². The quantitative estimate of drug-likeness (QED) is 0.754. The molecule has 0 fully saturated rings. The Bertz CT molecular complexity index is 632. The Hall–Kier alpha value is -1.92. The Morgan fingerprint density at radius 2 is 2.10 bits per heavy atom. The third-order valence-corrected chi connectivity index (χ3v) is 3.50. The van der Waals surface area contributed by atoms with E-state index in [0.717, 1.165) is 23.2 Å². The van der Waals surface area contributed by atoms with E-state index in [-0.39, 0.29) is 6.03 Å². The number of furan rings is 1. The van der Waals surface area contributed by atoms with E-state index in [1.807, 2.05) is 31.2 Å². The van der Waals surface area contributed by atoms with Crippen LogP contribution in [-0.4, -0.2) is 11.1 Å². The predicted octanol–water partition coefficient (Wildman–Crippen LogP) is 3.64. The van der Waals surface area contributed by atoms with Gasteiger partial charge in [-0.25, -0.2) is 4.79 Å². The summed E-state index contributed by atoms with van der Waals surface area (Å²) in [4.78, 5) is 11.8. The largest absolute Gasteiger partial charge is 0.456 e. The SMILES string of the molecule is Cc1cccc(NC(=O)NSc2cc(C(C)(C)O)co2)c1. The zero-order valence-corrected chi connectivity index (χ0v) is 13.0. The number of urea groups is 1. The van der Waals surface area contributed by atoms with E-state index in [1.165, 1.54) is 6.26 Å². The summed E-state index contributed by atoms with van der Waals surface area (Å²) in [5.41, 5.74) is 1.49. The number of hydrogen-bond donors (Lipinski definition) is 3. The lowest BCUT2D eigenvalue weighted by molar-refractivity contribution is 0.0779. The highest BCUT2D eigenvalue weighted by Crippen LogP contribution is 2.26. The van der Waals surface area contributed by atoms with E-state index in [2.05, 4.69) is 10.0 Å². The molecular formula is C15H18N2O3S. The number of rotatable bonds is 4. The standard InChI is InChI=1S/C15H18N2O3S/c1-10-5-4-6-12(7-10)16-14(18)17-21-13-8-11(9-20-13)15(2,3)19/h4-9,19H,1-3H3,(H2,16,17,18). The molecule has 3 N–H and O–H groups in total. The highest BCUT2D eigenvalue weighted by Gasteiger charge is 2.19. The molecule has 1 heterocycles. The molecule has 0 aliphatic carbocycles. The van der Waals surface area contributed by atoms with Crippen LogP contribution >= 0.6 is 11.9 Å². The fourth-order valence-corrected chi connectivity index (χ4v) is 2.19. The molecule has 0 spiro atoms. The van der Waals surface area contributed by atoms with E-state index in [9.17, 15) is 9.90 Å². The summed E-state index contributed by atoms with van der Waals surface area (Å²) >= 11 is 1.05. The lowest BCUT2D eigenvalue weighted by Crippen LogP contribution is -2.22. The smallest absolute Gasteiger partial charge is 0.329 e. The molecule has 0 atom stereocenters. The molecule has 0 bridgehead atoms. The van der Waals surface area contributed by atoms with Crippen LogP contribution in [0, 0.1) is 6.92 Å². The summed E-state index contributed by atoms with van der Waals surface area (Å²) in [6, 6.07) is 8.88. The predicted molar refractivity (Wildman–Crippen MR) is 83.1 cm³/mol. The summed E-state index contributed by atoms with van der Waals surface area (Å²) in [7, 11) is 0. The van der Waals surface area contributed by atoms with Crippen LogP contribution in [0.2, 0.25) is 0 Å². The summed E-state index contributed by atoms with van der Waals surface area (Å²) in [6.45, 7) is 5.30. The van der Waals surface area contributed by atoms with Crippen LogP contribution in [0.1, 0.15) is 25.0 Å². The molecule has 6 heteroatoms. The van der Waals surface area contributed by atoms with Crippen molar-refractivity contribution in [2.24, 2.45) is 0 Å². The Balaban J connectivity index is 1.88. The van der Waals surface area contributed by atoms with Gasteiger partial charge in [-0.05, 0) is 44.5 Å². The molecule has 0 aliphatic rings. The number of benzene rings is 1. The molecule has 1 aromatic carbocycles. The van der Waals surface area contributed by atoms with Crippen LogP contribution in [0.15, 0.2) is 46.1 Å². The van der Waals surface area contributed by atoms with E-state index in [0.29, 0.717) is 10.7 Å². The average molecular weight is 306 g/mol. The van der Waals surface area contributed by atoms with Gasteiger partial charge in [0, 0.05) is 23.2 Å². The Morgan fingerprint density at radius 1 is 1.33 bits per heavy atom. The van der Waals surface area contributed by atoms with Crippen molar-refractivity contribution in [2.45, 2.75) is 31.5 Å². The van der Waals surface area contributed by atoms with Gasteiger partial charge in [-0.2, -0.15) is 0 Å². The van der Waals surface area contributed by atoms with Crippen molar-refractivity contribution >= 4 is 23.7 Å². The first kappa shape index (κ1) is 15.5. The number of amides is 2. The second-order valence-electron chi connectivity index (χ2n) is 5.24. The van der Waals surface area contributed by atoms with Crippen molar-refractivity contribution in [3.05, 3.63) is 47.7 Å². The minimum atomic E-state index is -0.966. The van der Waals surface area contributed by atoms with Crippen LogP contribution in [0.5, 0.6) is 0 Å². The van der Waals surface area contributed by atoms with Crippen molar-refractivity contribution in [2.75, 3.05) is 5.32 Å². The van der Waals surface area contributed by atoms with Gasteiger partial charge < -0.3 is 14.8 Å². The zero-order chi connectivity index (χ0) is 15.5. The molecule has 2 amide bonds. The van der Waals surface area contributed by atoms with Gasteiger partial charge in [0.15, 0.2) is 5.09 Å². The van der Waals surface area contributed by atoms with Gasteiger partial charge in [0.05, 0.1) is 11.9 Å². The second-order valence-corrected chi connectivity index (χ2v) is 6.05. The number of carbonyl (C=O) groups excluding carboxylic acids is 1. The number of aryl methyl sites for hydroxylation is 1. The molecule has 2 rings (SSSR count). The van der Waals surface area contributed by atoms with E-state index in [1.54, 1.807) is 19.9 Å². The van der Waals surface area contributed by atoms with Crippen molar-refractivity contribution < 1.29 is 14.3 Å². The summed E-state index contributed by atoms with van der Waals surface area (Å²) in [5.74, 6) is 0. The van der Waals surface area contributed by atoms with E-state index < -0.39 is 5.60 Å². The van der Waals surface area contributed by atoms with Gasteiger partial charge in [0.25, 0.3) is 0 Å². The van der Waals surface area contributed by atoms with Crippen LogP contribution < -0.4 is 10.0 Å². The van der Waals surface area contributed by atoms with E-state index in [4.69, 9.17) is 4.42 Å². The Kier molecular flexibility index (Phi) is 4.59. The second kappa shape index (κ2) is 6.24. The third-order valence-electron chi connectivity index (χ3n) is 2.80. The van der Waals surface area contributed by atoms with Gasteiger partial charge in [-0.1, -0.05) is 12.1 Å². The van der Waals surface area contributed by atoms with Gasteiger partial charge in [-0.15, -0.1) is 0 Å². The summed E-state index contributed by atoms with van der Waals surface area (Å²) in [5, 5.41) is 13.1. The van der Waals surface area contributed by atoms with Crippen LogP contribution in [0.3, 0.4) is 0 Å². The van der Waals surface area contributed by atoms with Crippen LogP contribution in [0.25, 0.3) is 0 Å². The molecule has 1 aromatic heterocycles. The fraction of sp³-hybridized carbons (Fsp3) is 0.267. The maximum atomic E-state index is 11.8. The molecular weight excluding hydrogens is 288 g/mol. The van der Waals surface area contributed by atoms with Crippen molar-refractivity contribution in [3.8, 4) is 0 Å². The van der Waals surface area contributed by atoms with Crippen molar-refractivity contribution in [1.29, 1.82) is 0 Å². The monoisotopic (exact) mass is 306 g/mol. The highest BCUT2D eigenvalue weighted by molar-refractivity contribution is 7.97. The molecule has 0 aliphatic heterocycles. The minimum Gasteiger partial charge on any atom is -0.456 e. The zero-order valence-electron chi connectivity index (χ0n) is 12.1. The molecule has 21 heavy (non-hydrogen) atoms. The Labute approximate surface area is 127 Å².